The van der Waals surface area contributed by atoms with Gasteiger partial charge in [0.2, 0.25) is 0 Å². The van der Waals surface area contributed by atoms with Crippen LogP contribution in [0.3, 0.4) is 0 Å². The largest absolute Gasteiger partial charge is 0.497 e. The van der Waals surface area contributed by atoms with Gasteiger partial charge >= 0.3 is 0 Å². The van der Waals surface area contributed by atoms with Crippen molar-refractivity contribution < 1.29 is 9.47 Å². The molecule has 0 aliphatic heterocycles. The maximum Gasteiger partial charge on any atom is 0.176 e. The lowest BCUT2D eigenvalue weighted by Gasteiger charge is -2.02. The first kappa shape index (κ1) is 15.6. The third-order valence-corrected chi connectivity index (χ3v) is 3.78. The predicted molar refractivity (Wildman–Crippen MR) is 89.5 cm³/mol. The number of hydrogen-bond acceptors (Lipinski definition) is 4. The standard InChI is InChI=1S/C17H22N4O2/c1-4-5-8-21-17(19-16(20-21)11-22-2)15-10-12-9-13(23-3)6-7-14(12)18-15/h6-7,9-10,18H,4-5,8,11H2,1-3H3. The Morgan fingerprint density at radius 1 is 1.22 bits per heavy atom. The number of H-pyrrole nitrogens is 1. The number of aromatic amines is 1. The lowest BCUT2D eigenvalue weighted by atomic mass is 10.2. The molecular formula is C17H22N4O2. The molecule has 0 aliphatic carbocycles. The van der Waals surface area contributed by atoms with Gasteiger partial charge in [0.1, 0.15) is 12.4 Å². The number of methoxy groups -OCH3 is 2. The normalized spacial score (nSPS) is 11.3. The van der Waals surface area contributed by atoms with Gasteiger partial charge < -0.3 is 14.5 Å². The number of ether oxygens (including phenoxy) is 2. The van der Waals surface area contributed by atoms with Gasteiger partial charge in [-0.15, -0.1) is 0 Å². The Bertz CT molecular complexity index is 791. The number of aryl methyl sites for hydroxylation is 1. The number of aromatic nitrogens is 4. The molecule has 0 aliphatic rings. The van der Waals surface area contributed by atoms with Crippen LogP contribution in [0.4, 0.5) is 0 Å². The Kier molecular flexibility index (Phi) is 4.62. The zero-order chi connectivity index (χ0) is 16.2. The topological polar surface area (TPSA) is 65.0 Å². The Labute approximate surface area is 135 Å². The van der Waals surface area contributed by atoms with E-state index in [-0.39, 0.29) is 0 Å². The molecule has 0 saturated carbocycles. The van der Waals surface area contributed by atoms with Gasteiger partial charge in [0.05, 0.1) is 12.8 Å². The fourth-order valence-electron chi connectivity index (χ4n) is 2.60. The van der Waals surface area contributed by atoms with Crippen molar-refractivity contribution in [2.45, 2.75) is 32.9 Å². The Hall–Kier alpha value is -2.34. The summed E-state index contributed by atoms with van der Waals surface area (Å²) in [5.41, 5.74) is 2.01. The summed E-state index contributed by atoms with van der Waals surface area (Å²) in [5.74, 6) is 2.39. The molecule has 2 heterocycles. The van der Waals surface area contributed by atoms with Crippen molar-refractivity contribution in [3.05, 3.63) is 30.1 Å². The molecule has 0 radical (unpaired) electrons. The molecule has 3 rings (SSSR count). The molecule has 23 heavy (non-hydrogen) atoms. The molecule has 0 spiro atoms. The third kappa shape index (κ3) is 3.22. The molecule has 122 valence electrons. The quantitative estimate of drug-likeness (QED) is 0.726. The highest BCUT2D eigenvalue weighted by molar-refractivity contribution is 5.86. The van der Waals surface area contributed by atoms with Crippen LogP contribution in [0.5, 0.6) is 5.75 Å². The average molecular weight is 314 g/mol. The van der Waals surface area contributed by atoms with Crippen LogP contribution < -0.4 is 4.74 Å². The smallest absolute Gasteiger partial charge is 0.176 e. The van der Waals surface area contributed by atoms with E-state index in [1.165, 1.54) is 0 Å². The van der Waals surface area contributed by atoms with Gasteiger partial charge in [0.25, 0.3) is 0 Å². The summed E-state index contributed by atoms with van der Waals surface area (Å²) >= 11 is 0. The number of rotatable bonds is 7. The van der Waals surface area contributed by atoms with E-state index in [0.717, 1.165) is 47.6 Å². The van der Waals surface area contributed by atoms with E-state index in [1.54, 1.807) is 14.2 Å². The van der Waals surface area contributed by atoms with E-state index >= 15 is 0 Å². The first-order valence-corrected chi connectivity index (χ1v) is 7.85. The summed E-state index contributed by atoms with van der Waals surface area (Å²) in [5, 5.41) is 5.65. The third-order valence-electron chi connectivity index (χ3n) is 3.78. The van der Waals surface area contributed by atoms with Crippen LogP contribution in [0.2, 0.25) is 0 Å². The van der Waals surface area contributed by atoms with E-state index in [0.29, 0.717) is 12.4 Å². The molecule has 0 unspecified atom stereocenters. The number of unbranched alkanes of at least 4 members (excludes halogenated alkanes) is 1. The maximum atomic E-state index is 5.29. The van der Waals surface area contributed by atoms with E-state index < -0.39 is 0 Å². The van der Waals surface area contributed by atoms with Gasteiger partial charge in [-0.1, -0.05) is 13.3 Å². The summed E-state index contributed by atoms with van der Waals surface area (Å²) < 4.78 is 12.4. The van der Waals surface area contributed by atoms with Crippen LogP contribution in [0, 0.1) is 0 Å². The molecule has 6 nitrogen and oxygen atoms in total. The SMILES string of the molecule is CCCCn1nc(COC)nc1-c1cc2cc(OC)ccc2[nH]1. The van der Waals surface area contributed by atoms with Crippen molar-refractivity contribution in [3.63, 3.8) is 0 Å². The van der Waals surface area contributed by atoms with Gasteiger partial charge in [0, 0.05) is 24.6 Å². The highest BCUT2D eigenvalue weighted by atomic mass is 16.5. The first-order chi connectivity index (χ1) is 11.2. The summed E-state index contributed by atoms with van der Waals surface area (Å²) in [6, 6.07) is 8.06. The van der Waals surface area contributed by atoms with E-state index in [4.69, 9.17) is 9.47 Å². The zero-order valence-electron chi connectivity index (χ0n) is 13.8. The summed E-state index contributed by atoms with van der Waals surface area (Å²) in [7, 11) is 3.33. The lowest BCUT2D eigenvalue weighted by Crippen LogP contribution is -2.03. The Morgan fingerprint density at radius 3 is 2.83 bits per heavy atom. The van der Waals surface area contributed by atoms with E-state index in [1.807, 2.05) is 22.9 Å². The zero-order valence-corrected chi connectivity index (χ0v) is 13.8. The molecule has 0 saturated heterocycles. The predicted octanol–water partition coefficient (Wildman–Crippen LogP) is 3.38. The van der Waals surface area contributed by atoms with Crippen molar-refractivity contribution in [1.29, 1.82) is 0 Å². The van der Waals surface area contributed by atoms with E-state index in [9.17, 15) is 0 Å². The molecule has 0 amide bonds. The van der Waals surface area contributed by atoms with Crippen molar-refractivity contribution in [1.82, 2.24) is 19.7 Å². The van der Waals surface area contributed by atoms with Crippen LogP contribution in [0.15, 0.2) is 24.3 Å². The molecule has 3 aromatic rings. The van der Waals surface area contributed by atoms with Crippen molar-refractivity contribution >= 4 is 10.9 Å². The fourth-order valence-corrected chi connectivity index (χ4v) is 2.60. The van der Waals surface area contributed by atoms with Crippen LogP contribution in [-0.4, -0.2) is 34.0 Å². The van der Waals surface area contributed by atoms with Crippen molar-refractivity contribution in [2.75, 3.05) is 14.2 Å². The van der Waals surface area contributed by atoms with Crippen molar-refractivity contribution in [3.8, 4) is 17.3 Å². The molecular weight excluding hydrogens is 292 g/mol. The number of fused-ring (bicyclic) bond motifs is 1. The fraction of sp³-hybridized carbons (Fsp3) is 0.412. The first-order valence-electron chi connectivity index (χ1n) is 7.85. The van der Waals surface area contributed by atoms with Gasteiger partial charge in [-0.25, -0.2) is 9.67 Å². The van der Waals surface area contributed by atoms with Crippen LogP contribution in [-0.2, 0) is 17.9 Å². The van der Waals surface area contributed by atoms with Gasteiger partial charge in [-0.2, -0.15) is 5.10 Å². The molecule has 0 bridgehead atoms. The minimum absolute atomic E-state index is 0.417. The van der Waals surface area contributed by atoms with Crippen LogP contribution in [0.1, 0.15) is 25.6 Å². The lowest BCUT2D eigenvalue weighted by molar-refractivity contribution is 0.177. The second kappa shape index (κ2) is 6.83. The summed E-state index contributed by atoms with van der Waals surface area (Å²) in [6.07, 6.45) is 2.18. The van der Waals surface area contributed by atoms with Gasteiger partial charge in [0.15, 0.2) is 11.6 Å². The average Bonchev–Trinajstić information content (AvgIpc) is 3.15. The molecule has 0 fully saturated rings. The second-order valence-corrected chi connectivity index (χ2v) is 5.50. The van der Waals surface area contributed by atoms with Gasteiger partial charge in [-0.05, 0) is 30.7 Å². The second-order valence-electron chi connectivity index (χ2n) is 5.50. The molecule has 1 aromatic carbocycles. The minimum atomic E-state index is 0.417. The number of benzene rings is 1. The number of hydrogen-bond donors (Lipinski definition) is 1. The number of nitrogens with one attached hydrogen (secondary N) is 1. The molecule has 6 heteroatoms. The van der Waals surface area contributed by atoms with Crippen LogP contribution in [0.25, 0.3) is 22.4 Å². The van der Waals surface area contributed by atoms with E-state index in [2.05, 4.69) is 28.1 Å². The highest BCUT2D eigenvalue weighted by Gasteiger charge is 2.14. The maximum absolute atomic E-state index is 5.29. The van der Waals surface area contributed by atoms with Crippen LogP contribution >= 0.6 is 0 Å². The monoisotopic (exact) mass is 314 g/mol. The summed E-state index contributed by atoms with van der Waals surface area (Å²) in [4.78, 5) is 8.04. The molecule has 2 aromatic heterocycles. The molecule has 1 N–H and O–H groups in total. The Balaban J connectivity index is 2.01. The minimum Gasteiger partial charge on any atom is -0.497 e. The Morgan fingerprint density at radius 2 is 2.09 bits per heavy atom. The van der Waals surface area contributed by atoms with Crippen molar-refractivity contribution in [2.24, 2.45) is 0 Å². The number of nitrogens with zero attached hydrogens (tertiary/aromatic N) is 3. The highest BCUT2D eigenvalue weighted by Crippen LogP contribution is 2.26. The summed E-state index contributed by atoms with van der Waals surface area (Å²) in [6.45, 7) is 3.43. The molecule has 0 atom stereocenters. The van der Waals surface area contributed by atoms with Gasteiger partial charge in [-0.3, -0.25) is 0 Å².